The molecule has 26 heavy (non-hydrogen) atoms. The van der Waals surface area contributed by atoms with E-state index in [-0.39, 0.29) is 25.0 Å². The fourth-order valence-corrected chi connectivity index (χ4v) is 2.53. The van der Waals surface area contributed by atoms with Gasteiger partial charge in [0.15, 0.2) is 6.61 Å². The summed E-state index contributed by atoms with van der Waals surface area (Å²) in [5.41, 5.74) is 2.16. The van der Waals surface area contributed by atoms with E-state index in [1.54, 1.807) is 24.0 Å². The van der Waals surface area contributed by atoms with Gasteiger partial charge in [-0.2, -0.15) is 0 Å². The van der Waals surface area contributed by atoms with Crippen LogP contribution in [0.2, 0.25) is 0 Å². The van der Waals surface area contributed by atoms with Crippen molar-refractivity contribution in [1.82, 2.24) is 4.90 Å². The molecule has 0 fully saturated rings. The van der Waals surface area contributed by atoms with Crippen LogP contribution in [0, 0.1) is 12.8 Å². The Hall–Kier alpha value is -2.82. The van der Waals surface area contributed by atoms with Crippen molar-refractivity contribution in [2.45, 2.75) is 20.4 Å². The molecule has 1 unspecified atom stereocenters. The maximum Gasteiger partial charge on any atom is 0.310 e. The smallest absolute Gasteiger partial charge is 0.310 e. The number of nitrogens with zero attached hydrogens (tertiary/aromatic N) is 1. The molecule has 2 rings (SSSR count). The Morgan fingerprint density at radius 1 is 1.04 bits per heavy atom. The van der Waals surface area contributed by atoms with Crippen LogP contribution in [-0.2, 0) is 20.9 Å². The van der Waals surface area contributed by atoms with Gasteiger partial charge in [-0.1, -0.05) is 55.0 Å². The number of para-hydroxylation sites is 1. The number of hydrogen-bond donors (Lipinski definition) is 0. The molecule has 1 atom stereocenters. The van der Waals surface area contributed by atoms with Gasteiger partial charge in [0.05, 0.1) is 13.0 Å². The average molecular weight is 355 g/mol. The first-order chi connectivity index (χ1) is 12.5. The Bertz CT molecular complexity index is 713. The van der Waals surface area contributed by atoms with E-state index in [4.69, 9.17) is 9.47 Å². The fraction of sp³-hybridized carbons (Fsp3) is 0.333. The van der Waals surface area contributed by atoms with E-state index in [0.29, 0.717) is 12.3 Å². The van der Waals surface area contributed by atoms with Crippen LogP contribution >= 0.6 is 0 Å². The standard InChI is InChI=1S/C21H25NO4/c1-16-9-11-18(12-10-16)14-22(13-17(2)21(24)25-3)20(23)15-26-19-7-5-4-6-8-19/h4-12,17H,13-15H2,1-3H3. The lowest BCUT2D eigenvalue weighted by molar-refractivity contribution is -0.147. The van der Waals surface area contributed by atoms with Crippen molar-refractivity contribution in [1.29, 1.82) is 0 Å². The van der Waals surface area contributed by atoms with Crippen LogP contribution in [0.25, 0.3) is 0 Å². The number of methoxy groups -OCH3 is 1. The van der Waals surface area contributed by atoms with E-state index in [2.05, 4.69) is 0 Å². The summed E-state index contributed by atoms with van der Waals surface area (Å²) in [6, 6.07) is 17.2. The van der Waals surface area contributed by atoms with Crippen molar-refractivity contribution < 1.29 is 19.1 Å². The fourth-order valence-electron chi connectivity index (χ4n) is 2.53. The molecule has 0 bridgehead atoms. The SMILES string of the molecule is COC(=O)C(C)CN(Cc1ccc(C)cc1)C(=O)COc1ccccc1. The number of benzene rings is 2. The Balaban J connectivity index is 2.06. The van der Waals surface area contributed by atoms with Gasteiger partial charge in [-0.05, 0) is 24.6 Å². The van der Waals surface area contributed by atoms with E-state index in [0.717, 1.165) is 11.1 Å². The highest BCUT2D eigenvalue weighted by Gasteiger charge is 2.22. The van der Waals surface area contributed by atoms with Crippen LogP contribution in [0.4, 0.5) is 0 Å². The molecule has 0 N–H and O–H groups in total. The normalized spacial score (nSPS) is 11.5. The van der Waals surface area contributed by atoms with Crippen LogP contribution in [0.5, 0.6) is 5.75 Å². The molecular weight excluding hydrogens is 330 g/mol. The van der Waals surface area contributed by atoms with Crippen LogP contribution in [0.3, 0.4) is 0 Å². The molecule has 0 aliphatic rings. The Kier molecular flexibility index (Phi) is 7.21. The molecule has 0 aliphatic carbocycles. The summed E-state index contributed by atoms with van der Waals surface area (Å²) in [7, 11) is 1.35. The van der Waals surface area contributed by atoms with Crippen molar-refractivity contribution >= 4 is 11.9 Å². The number of aryl methyl sites for hydroxylation is 1. The van der Waals surface area contributed by atoms with E-state index < -0.39 is 5.92 Å². The van der Waals surface area contributed by atoms with Gasteiger partial charge >= 0.3 is 5.97 Å². The molecule has 1 amide bonds. The van der Waals surface area contributed by atoms with Crippen LogP contribution in [-0.4, -0.2) is 37.0 Å². The van der Waals surface area contributed by atoms with Gasteiger partial charge in [0.25, 0.3) is 5.91 Å². The monoisotopic (exact) mass is 355 g/mol. The molecule has 5 heteroatoms. The predicted octanol–water partition coefficient (Wildman–Crippen LogP) is 3.21. The second-order valence-electron chi connectivity index (χ2n) is 6.29. The van der Waals surface area contributed by atoms with Gasteiger partial charge in [0, 0.05) is 13.1 Å². The van der Waals surface area contributed by atoms with E-state index in [9.17, 15) is 9.59 Å². The van der Waals surface area contributed by atoms with E-state index in [1.807, 2.05) is 49.4 Å². The minimum Gasteiger partial charge on any atom is -0.484 e. The lowest BCUT2D eigenvalue weighted by Gasteiger charge is -2.25. The number of carbonyl (C=O) groups is 2. The zero-order valence-corrected chi connectivity index (χ0v) is 15.5. The van der Waals surface area contributed by atoms with E-state index >= 15 is 0 Å². The number of rotatable bonds is 8. The van der Waals surface area contributed by atoms with Crippen molar-refractivity contribution in [2.24, 2.45) is 5.92 Å². The van der Waals surface area contributed by atoms with Gasteiger partial charge < -0.3 is 14.4 Å². The number of carbonyl (C=O) groups excluding carboxylic acids is 2. The first-order valence-electron chi connectivity index (χ1n) is 8.58. The molecule has 2 aromatic carbocycles. The van der Waals surface area contributed by atoms with Crippen LogP contribution < -0.4 is 4.74 Å². The van der Waals surface area contributed by atoms with E-state index in [1.165, 1.54) is 7.11 Å². The molecular formula is C21H25NO4. The predicted molar refractivity (Wildman–Crippen MR) is 99.7 cm³/mol. The summed E-state index contributed by atoms with van der Waals surface area (Å²) < 4.78 is 10.3. The largest absolute Gasteiger partial charge is 0.484 e. The minimum atomic E-state index is -0.411. The number of esters is 1. The third kappa shape index (κ3) is 5.92. The van der Waals surface area contributed by atoms with Crippen LogP contribution in [0.1, 0.15) is 18.1 Å². The highest BCUT2D eigenvalue weighted by molar-refractivity contribution is 5.79. The van der Waals surface area contributed by atoms with Crippen molar-refractivity contribution in [3.05, 3.63) is 65.7 Å². The third-order valence-corrected chi connectivity index (χ3v) is 4.05. The molecule has 0 saturated heterocycles. The zero-order valence-electron chi connectivity index (χ0n) is 15.5. The first kappa shape index (κ1) is 19.5. The summed E-state index contributed by atoms with van der Waals surface area (Å²) in [6.07, 6.45) is 0. The maximum atomic E-state index is 12.7. The van der Waals surface area contributed by atoms with Gasteiger partial charge in [-0.25, -0.2) is 0 Å². The van der Waals surface area contributed by atoms with Gasteiger partial charge in [0.2, 0.25) is 0 Å². The van der Waals surface area contributed by atoms with Crippen molar-refractivity contribution in [3.8, 4) is 5.75 Å². The Morgan fingerprint density at radius 3 is 2.31 bits per heavy atom. The third-order valence-electron chi connectivity index (χ3n) is 4.05. The lowest BCUT2D eigenvalue weighted by atomic mass is 10.1. The summed E-state index contributed by atoms with van der Waals surface area (Å²) in [5, 5.41) is 0. The van der Waals surface area contributed by atoms with Crippen molar-refractivity contribution in [2.75, 3.05) is 20.3 Å². The summed E-state index contributed by atoms with van der Waals surface area (Å²) >= 11 is 0. The number of hydrogen-bond acceptors (Lipinski definition) is 4. The molecule has 0 spiro atoms. The average Bonchev–Trinajstić information content (AvgIpc) is 2.67. The van der Waals surface area contributed by atoms with Crippen LogP contribution in [0.15, 0.2) is 54.6 Å². The zero-order chi connectivity index (χ0) is 18.9. The lowest BCUT2D eigenvalue weighted by Crippen LogP contribution is -2.39. The molecule has 0 aliphatic heterocycles. The second kappa shape index (κ2) is 9.61. The number of amides is 1. The summed E-state index contributed by atoms with van der Waals surface area (Å²) in [4.78, 5) is 26.1. The Morgan fingerprint density at radius 2 is 1.69 bits per heavy atom. The van der Waals surface area contributed by atoms with Gasteiger partial charge in [0.1, 0.15) is 5.75 Å². The number of ether oxygens (including phenoxy) is 2. The van der Waals surface area contributed by atoms with Crippen molar-refractivity contribution in [3.63, 3.8) is 0 Å². The summed E-state index contributed by atoms with van der Waals surface area (Å²) in [5.74, 6) is -0.288. The first-order valence-corrected chi connectivity index (χ1v) is 8.58. The molecule has 138 valence electrons. The Labute approximate surface area is 154 Å². The maximum absolute atomic E-state index is 12.7. The quantitative estimate of drug-likeness (QED) is 0.682. The highest BCUT2D eigenvalue weighted by atomic mass is 16.5. The summed E-state index contributed by atoms with van der Waals surface area (Å²) in [6.45, 7) is 4.37. The van der Waals surface area contributed by atoms with Gasteiger partial charge in [-0.3, -0.25) is 9.59 Å². The molecule has 0 heterocycles. The highest BCUT2D eigenvalue weighted by Crippen LogP contribution is 2.13. The topological polar surface area (TPSA) is 55.8 Å². The van der Waals surface area contributed by atoms with Gasteiger partial charge in [-0.15, -0.1) is 0 Å². The molecule has 2 aromatic rings. The second-order valence-corrected chi connectivity index (χ2v) is 6.29. The molecule has 5 nitrogen and oxygen atoms in total. The minimum absolute atomic E-state index is 0.0796. The molecule has 0 saturated carbocycles. The molecule has 0 radical (unpaired) electrons. The molecule has 0 aromatic heterocycles.